The second-order valence-electron chi connectivity index (χ2n) is 5.07. The summed E-state index contributed by atoms with van der Waals surface area (Å²) in [4.78, 5) is 19.7. The van der Waals surface area contributed by atoms with Gasteiger partial charge in [-0.05, 0) is 24.3 Å². The normalized spacial score (nSPS) is 20.6. The Morgan fingerprint density at radius 1 is 1.26 bits per heavy atom. The van der Waals surface area contributed by atoms with Gasteiger partial charge in [0.2, 0.25) is 0 Å². The summed E-state index contributed by atoms with van der Waals surface area (Å²) in [6.07, 6.45) is 4.41. The molecule has 100 valence electrons. The Morgan fingerprint density at radius 2 is 1.95 bits per heavy atom. The van der Waals surface area contributed by atoms with Gasteiger partial charge in [0.05, 0.1) is 0 Å². The summed E-state index contributed by atoms with van der Waals surface area (Å²) >= 11 is 3.38. The predicted molar refractivity (Wildman–Crippen MR) is 76.2 cm³/mol. The summed E-state index contributed by atoms with van der Waals surface area (Å²) in [6.45, 7) is 1.47. The van der Waals surface area contributed by atoms with Gasteiger partial charge in [0.25, 0.3) is 5.91 Å². The van der Waals surface area contributed by atoms with E-state index in [-0.39, 0.29) is 11.5 Å². The van der Waals surface area contributed by atoms with Crippen LogP contribution in [0.4, 0.5) is 0 Å². The van der Waals surface area contributed by atoms with E-state index in [1.54, 1.807) is 0 Å². The molecular weight excluding hydrogens is 308 g/mol. The number of oxime groups is 1. The van der Waals surface area contributed by atoms with Crippen LogP contribution < -0.4 is 0 Å². The summed E-state index contributed by atoms with van der Waals surface area (Å²) in [5, 5.41) is 3.86. The predicted octanol–water partition coefficient (Wildman–Crippen LogP) is 2.83. The number of piperidine rings is 1. The molecular formula is C14H15BrN2O2. The third-order valence-electron chi connectivity index (χ3n) is 3.84. The van der Waals surface area contributed by atoms with Gasteiger partial charge in [-0.15, -0.1) is 0 Å². The Bertz CT molecular complexity index is 495. The maximum absolute atomic E-state index is 12.4. The molecule has 3 rings (SSSR count). The molecule has 0 N–H and O–H groups in total. The molecule has 1 amide bonds. The largest absolute Gasteiger partial charge is 0.389 e. The van der Waals surface area contributed by atoms with E-state index in [4.69, 9.17) is 4.84 Å². The minimum Gasteiger partial charge on any atom is -0.389 e. The zero-order valence-electron chi connectivity index (χ0n) is 10.5. The molecule has 0 saturated carbocycles. The van der Waals surface area contributed by atoms with E-state index in [1.165, 1.54) is 0 Å². The first-order valence-electron chi connectivity index (χ1n) is 6.43. The molecule has 0 bridgehead atoms. The number of hydrogen-bond acceptors (Lipinski definition) is 3. The maximum atomic E-state index is 12.4. The van der Waals surface area contributed by atoms with E-state index in [1.807, 2.05) is 35.4 Å². The highest BCUT2D eigenvalue weighted by Crippen LogP contribution is 2.32. The van der Waals surface area contributed by atoms with Crippen molar-refractivity contribution in [2.24, 2.45) is 5.16 Å². The lowest BCUT2D eigenvalue weighted by Gasteiger charge is -2.37. The molecule has 2 heterocycles. The SMILES string of the molecule is O=C(c1ccc(Br)cc1)N1CCC2(CC=NO2)CC1. The lowest BCUT2D eigenvalue weighted by molar-refractivity contribution is -0.0568. The number of amides is 1. The van der Waals surface area contributed by atoms with Crippen molar-refractivity contribution in [3.05, 3.63) is 34.3 Å². The van der Waals surface area contributed by atoms with Crippen LogP contribution in [0.3, 0.4) is 0 Å². The standard InChI is InChI=1S/C14H15BrN2O2/c15-12-3-1-11(2-4-12)13(18)17-9-6-14(7-10-17)5-8-16-19-14/h1-4,8H,5-7,9-10H2. The minimum atomic E-state index is -0.142. The van der Waals surface area contributed by atoms with Crippen molar-refractivity contribution >= 4 is 28.1 Å². The van der Waals surface area contributed by atoms with E-state index in [2.05, 4.69) is 21.1 Å². The van der Waals surface area contributed by atoms with E-state index < -0.39 is 0 Å². The zero-order chi connectivity index (χ0) is 13.3. The van der Waals surface area contributed by atoms with Crippen LogP contribution in [0.1, 0.15) is 29.6 Å². The quantitative estimate of drug-likeness (QED) is 0.797. The smallest absolute Gasteiger partial charge is 0.253 e. The number of rotatable bonds is 1. The molecule has 1 aromatic carbocycles. The Hall–Kier alpha value is -1.36. The van der Waals surface area contributed by atoms with Gasteiger partial charge in [0.1, 0.15) is 5.60 Å². The molecule has 19 heavy (non-hydrogen) atoms. The summed E-state index contributed by atoms with van der Waals surface area (Å²) in [5.74, 6) is 0.0984. The van der Waals surface area contributed by atoms with Gasteiger partial charge in [-0.25, -0.2) is 0 Å². The lowest BCUT2D eigenvalue weighted by Crippen LogP contribution is -2.46. The Morgan fingerprint density at radius 3 is 2.53 bits per heavy atom. The fourth-order valence-corrected chi connectivity index (χ4v) is 2.84. The van der Waals surface area contributed by atoms with Crippen LogP contribution in [0.5, 0.6) is 0 Å². The van der Waals surface area contributed by atoms with E-state index in [0.717, 1.165) is 42.4 Å². The van der Waals surface area contributed by atoms with Crippen molar-refractivity contribution in [3.63, 3.8) is 0 Å². The first-order valence-corrected chi connectivity index (χ1v) is 7.23. The van der Waals surface area contributed by atoms with Gasteiger partial charge < -0.3 is 9.74 Å². The first-order chi connectivity index (χ1) is 9.19. The first kappa shape index (κ1) is 12.7. The number of carbonyl (C=O) groups is 1. The van der Waals surface area contributed by atoms with Crippen LogP contribution in [0.25, 0.3) is 0 Å². The second kappa shape index (κ2) is 4.96. The molecule has 1 saturated heterocycles. The van der Waals surface area contributed by atoms with Crippen LogP contribution in [0.15, 0.2) is 33.9 Å². The Kier molecular flexibility index (Phi) is 3.31. The van der Waals surface area contributed by atoms with Crippen molar-refractivity contribution in [2.45, 2.75) is 24.9 Å². The molecule has 1 aromatic rings. The highest BCUT2D eigenvalue weighted by molar-refractivity contribution is 9.10. The van der Waals surface area contributed by atoms with Crippen LogP contribution >= 0.6 is 15.9 Å². The number of carbonyl (C=O) groups excluding carboxylic acids is 1. The van der Waals surface area contributed by atoms with Crippen molar-refractivity contribution in [1.82, 2.24) is 4.90 Å². The number of likely N-dealkylation sites (tertiary alicyclic amines) is 1. The molecule has 1 spiro atoms. The molecule has 1 fully saturated rings. The average Bonchev–Trinajstić information content (AvgIpc) is 2.88. The third kappa shape index (κ3) is 2.52. The molecule has 5 heteroatoms. The van der Waals surface area contributed by atoms with Crippen LogP contribution in [-0.2, 0) is 4.84 Å². The van der Waals surface area contributed by atoms with Crippen molar-refractivity contribution in [1.29, 1.82) is 0 Å². The average molecular weight is 323 g/mol. The van der Waals surface area contributed by atoms with E-state index in [9.17, 15) is 4.79 Å². The summed E-state index contributed by atoms with van der Waals surface area (Å²) in [7, 11) is 0. The van der Waals surface area contributed by atoms with Crippen LogP contribution in [0, 0.1) is 0 Å². The molecule has 0 aliphatic carbocycles. The van der Waals surface area contributed by atoms with Crippen molar-refractivity contribution in [2.75, 3.05) is 13.1 Å². The number of benzene rings is 1. The van der Waals surface area contributed by atoms with Crippen molar-refractivity contribution < 1.29 is 9.63 Å². The fraction of sp³-hybridized carbons (Fsp3) is 0.429. The van der Waals surface area contributed by atoms with Gasteiger partial charge in [-0.3, -0.25) is 4.79 Å². The maximum Gasteiger partial charge on any atom is 0.253 e. The number of nitrogens with zero attached hydrogens (tertiary/aromatic N) is 2. The lowest BCUT2D eigenvalue weighted by atomic mass is 9.89. The topological polar surface area (TPSA) is 41.9 Å². The number of halogens is 1. The van der Waals surface area contributed by atoms with Crippen molar-refractivity contribution in [3.8, 4) is 0 Å². The second-order valence-corrected chi connectivity index (χ2v) is 5.98. The van der Waals surface area contributed by atoms with Gasteiger partial charge in [0.15, 0.2) is 0 Å². The molecule has 0 aromatic heterocycles. The van der Waals surface area contributed by atoms with E-state index in [0.29, 0.717) is 0 Å². The third-order valence-corrected chi connectivity index (χ3v) is 4.37. The van der Waals surface area contributed by atoms with Crippen LogP contribution in [-0.4, -0.2) is 35.7 Å². The van der Waals surface area contributed by atoms with E-state index >= 15 is 0 Å². The summed E-state index contributed by atoms with van der Waals surface area (Å²) in [5.41, 5.74) is 0.596. The summed E-state index contributed by atoms with van der Waals surface area (Å²) < 4.78 is 0.984. The highest BCUT2D eigenvalue weighted by atomic mass is 79.9. The highest BCUT2D eigenvalue weighted by Gasteiger charge is 2.39. The Balaban J connectivity index is 1.65. The monoisotopic (exact) mass is 322 g/mol. The number of hydrogen-bond donors (Lipinski definition) is 0. The molecule has 0 radical (unpaired) electrons. The van der Waals surface area contributed by atoms with Gasteiger partial charge in [0, 0.05) is 48.6 Å². The zero-order valence-corrected chi connectivity index (χ0v) is 12.1. The fourth-order valence-electron chi connectivity index (χ4n) is 2.58. The van der Waals surface area contributed by atoms with Gasteiger partial charge in [-0.2, -0.15) is 0 Å². The molecule has 2 aliphatic rings. The van der Waals surface area contributed by atoms with Gasteiger partial charge in [-0.1, -0.05) is 21.1 Å². The molecule has 2 aliphatic heterocycles. The van der Waals surface area contributed by atoms with Gasteiger partial charge >= 0.3 is 0 Å². The summed E-state index contributed by atoms with van der Waals surface area (Å²) in [6, 6.07) is 7.50. The molecule has 4 nitrogen and oxygen atoms in total. The Labute approximate surface area is 120 Å². The molecule has 0 unspecified atom stereocenters. The molecule has 0 atom stereocenters. The minimum absolute atomic E-state index is 0.0984. The van der Waals surface area contributed by atoms with Crippen LogP contribution in [0.2, 0.25) is 0 Å².